The lowest BCUT2D eigenvalue weighted by molar-refractivity contribution is 0.329. The maximum absolute atomic E-state index is 2.89. The van der Waals surface area contributed by atoms with Crippen LogP contribution in [0.2, 0.25) is 0 Å². The van der Waals surface area contributed by atoms with E-state index >= 15 is 0 Å². The van der Waals surface area contributed by atoms with Gasteiger partial charge in [0.05, 0.1) is 0 Å². The van der Waals surface area contributed by atoms with E-state index in [9.17, 15) is 0 Å². The lowest BCUT2D eigenvalue weighted by atomic mass is 10.9. The fourth-order valence-electron chi connectivity index (χ4n) is 0.376. The number of hydrogen-bond acceptors (Lipinski definition) is 3. The van der Waals surface area contributed by atoms with Gasteiger partial charge in [0.15, 0.2) is 0 Å². The molecule has 40 valence electrons. The number of nitrogens with zero attached hydrogens (tertiary/aromatic N) is 1. The van der Waals surface area contributed by atoms with E-state index in [1.165, 1.54) is 0 Å². The van der Waals surface area contributed by atoms with Crippen LogP contribution in [0.15, 0.2) is 9.90 Å². The second-order valence-corrected chi connectivity index (χ2v) is 2.49. The van der Waals surface area contributed by atoms with Crippen LogP contribution >= 0.6 is 22.6 Å². The summed E-state index contributed by atoms with van der Waals surface area (Å²) in [4.78, 5) is 0. The number of halogens is 1. The van der Waals surface area contributed by atoms with E-state index in [1.807, 2.05) is 18.3 Å². The second-order valence-electron chi connectivity index (χ2n) is 1.32. The van der Waals surface area contributed by atoms with Crippen LogP contribution < -0.4 is 11.0 Å². The summed E-state index contributed by atoms with van der Waals surface area (Å²) in [7, 11) is 1.93. The van der Waals surface area contributed by atoms with Crippen molar-refractivity contribution in [3.8, 4) is 0 Å². The normalized spacial score (nSPS) is 19.1. The molecular formula is C3H6IN3. The van der Waals surface area contributed by atoms with E-state index in [2.05, 4.69) is 33.6 Å². The third-order valence-electron chi connectivity index (χ3n) is 0.659. The average molecular weight is 211 g/mol. The Morgan fingerprint density at radius 1 is 1.86 bits per heavy atom. The first-order valence-corrected chi connectivity index (χ1v) is 2.99. The molecule has 1 aliphatic heterocycles. The minimum Gasteiger partial charge on any atom is -0.299 e. The predicted molar refractivity (Wildman–Crippen MR) is 36.1 cm³/mol. The van der Waals surface area contributed by atoms with E-state index in [1.54, 1.807) is 0 Å². The van der Waals surface area contributed by atoms with Gasteiger partial charge in [0.2, 0.25) is 0 Å². The minimum atomic E-state index is 1.11. The SMILES string of the molecule is CN1C=C(I)NN1. The Morgan fingerprint density at radius 2 is 2.57 bits per heavy atom. The zero-order valence-electron chi connectivity index (χ0n) is 3.90. The van der Waals surface area contributed by atoms with E-state index < -0.39 is 0 Å². The van der Waals surface area contributed by atoms with Crippen molar-refractivity contribution < 1.29 is 0 Å². The van der Waals surface area contributed by atoms with E-state index in [-0.39, 0.29) is 0 Å². The predicted octanol–water partition coefficient (Wildman–Crippen LogP) is 0.175. The molecule has 0 amide bonds. The summed E-state index contributed by atoms with van der Waals surface area (Å²) in [5.41, 5.74) is 5.75. The summed E-state index contributed by atoms with van der Waals surface area (Å²) >= 11 is 2.19. The van der Waals surface area contributed by atoms with Crippen LogP contribution in [0.4, 0.5) is 0 Å². The lowest BCUT2D eigenvalue weighted by Gasteiger charge is -2.04. The fourth-order valence-corrected chi connectivity index (χ4v) is 0.915. The molecule has 1 rings (SSSR count). The molecule has 0 saturated carbocycles. The van der Waals surface area contributed by atoms with Gasteiger partial charge in [-0.05, 0) is 22.6 Å². The molecule has 0 aromatic rings. The summed E-state index contributed by atoms with van der Waals surface area (Å²) < 4.78 is 1.11. The molecule has 7 heavy (non-hydrogen) atoms. The van der Waals surface area contributed by atoms with Gasteiger partial charge in [-0.2, -0.15) is 0 Å². The summed E-state index contributed by atoms with van der Waals surface area (Å²) in [6, 6.07) is 0. The summed E-state index contributed by atoms with van der Waals surface area (Å²) in [6.45, 7) is 0. The zero-order chi connectivity index (χ0) is 5.28. The van der Waals surface area contributed by atoms with Crippen molar-refractivity contribution in [3.05, 3.63) is 9.90 Å². The van der Waals surface area contributed by atoms with Crippen LogP contribution in [-0.2, 0) is 0 Å². The first kappa shape index (κ1) is 5.17. The molecule has 1 heterocycles. The minimum absolute atomic E-state index is 1.11. The average Bonchev–Trinajstić information content (AvgIpc) is 1.87. The standard InChI is InChI=1S/C3H6IN3/c1-7-2-3(4)5-6-7/h2,5-6H,1H3. The van der Waals surface area contributed by atoms with Gasteiger partial charge in [0.1, 0.15) is 3.70 Å². The highest BCUT2D eigenvalue weighted by atomic mass is 127. The quantitative estimate of drug-likeness (QED) is 0.442. The van der Waals surface area contributed by atoms with Crippen molar-refractivity contribution in [2.45, 2.75) is 0 Å². The lowest BCUT2D eigenvalue weighted by Crippen LogP contribution is -2.32. The Hall–Kier alpha value is 0.0300. The van der Waals surface area contributed by atoms with Crippen molar-refractivity contribution in [2.24, 2.45) is 0 Å². The van der Waals surface area contributed by atoms with Gasteiger partial charge in [0.25, 0.3) is 0 Å². The van der Waals surface area contributed by atoms with Crippen LogP contribution in [0.25, 0.3) is 0 Å². The van der Waals surface area contributed by atoms with Gasteiger partial charge >= 0.3 is 0 Å². The molecule has 0 spiro atoms. The van der Waals surface area contributed by atoms with Gasteiger partial charge in [-0.3, -0.25) is 10.4 Å². The molecule has 0 unspecified atom stereocenters. The topological polar surface area (TPSA) is 27.3 Å². The summed E-state index contributed by atoms with van der Waals surface area (Å²) in [6.07, 6.45) is 1.96. The Morgan fingerprint density at radius 3 is 2.71 bits per heavy atom. The third kappa shape index (κ3) is 1.20. The molecule has 1 aliphatic rings. The van der Waals surface area contributed by atoms with E-state index in [0.29, 0.717) is 0 Å². The monoisotopic (exact) mass is 211 g/mol. The van der Waals surface area contributed by atoms with Gasteiger partial charge in [-0.25, -0.2) is 0 Å². The molecule has 0 aromatic heterocycles. The molecular weight excluding hydrogens is 205 g/mol. The molecule has 0 radical (unpaired) electrons. The van der Waals surface area contributed by atoms with Crippen LogP contribution in [0.1, 0.15) is 0 Å². The highest BCUT2D eigenvalue weighted by Gasteiger charge is 1.99. The molecule has 0 aliphatic carbocycles. The number of hydrazine groups is 2. The van der Waals surface area contributed by atoms with Crippen molar-refractivity contribution in [3.63, 3.8) is 0 Å². The van der Waals surface area contributed by atoms with E-state index in [4.69, 9.17) is 0 Å². The highest BCUT2D eigenvalue weighted by molar-refractivity contribution is 14.1. The molecule has 4 heteroatoms. The van der Waals surface area contributed by atoms with Crippen molar-refractivity contribution in [1.82, 2.24) is 16.0 Å². The Kier molecular flexibility index (Phi) is 1.38. The van der Waals surface area contributed by atoms with Crippen molar-refractivity contribution in [2.75, 3.05) is 7.05 Å². The zero-order valence-corrected chi connectivity index (χ0v) is 6.06. The summed E-state index contributed by atoms with van der Waals surface area (Å²) in [5.74, 6) is 0. The Labute approximate surface area is 55.8 Å². The molecule has 0 aromatic carbocycles. The first-order valence-electron chi connectivity index (χ1n) is 1.91. The number of rotatable bonds is 0. The van der Waals surface area contributed by atoms with Crippen molar-refractivity contribution >= 4 is 22.6 Å². The van der Waals surface area contributed by atoms with Crippen molar-refractivity contribution in [1.29, 1.82) is 0 Å². The smallest absolute Gasteiger partial charge is 0.106 e. The largest absolute Gasteiger partial charge is 0.299 e. The van der Waals surface area contributed by atoms with Gasteiger partial charge in [-0.1, -0.05) is 0 Å². The fraction of sp³-hybridized carbons (Fsp3) is 0.333. The second kappa shape index (κ2) is 1.87. The van der Waals surface area contributed by atoms with Gasteiger partial charge < -0.3 is 0 Å². The third-order valence-corrected chi connectivity index (χ3v) is 1.21. The van der Waals surface area contributed by atoms with E-state index in [0.717, 1.165) is 3.70 Å². The van der Waals surface area contributed by atoms with Gasteiger partial charge in [-0.15, -0.1) is 5.53 Å². The first-order chi connectivity index (χ1) is 3.29. The number of hydrogen-bond donors (Lipinski definition) is 2. The molecule has 2 N–H and O–H groups in total. The Balaban J connectivity index is 2.50. The maximum atomic E-state index is 2.89. The summed E-state index contributed by atoms with van der Waals surface area (Å²) in [5, 5.41) is 1.85. The maximum Gasteiger partial charge on any atom is 0.106 e. The van der Waals surface area contributed by atoms with Crippen LogP contribution in [0.5, 0.6) is 0 Å². The van der Waals surface area contributed by atoms with Crippen LogP contribution in [0, 0.1) is 0 Å². The number of nitrogens with one attached hydrogen (secondary N) is 2. The van der Waals surface area contributed by atoms with Gasteiger partial charge in [0, 0.05) is 13.2 Å². The molecule has 0 saturated heterocycles. The molecule has 0 atom stereocenters. The molecule has 0 bridgehead atoms. The van der Waals surface area contributed by atoms with Crippen LogP contribution in [-0.4, -0.2) is 12.1 Å². The highest BCUT2D eigenvalue weighted by Crippen LogP contribution is 2.03. The van der Waals surface area contributed by atoms with Crippen LogP contribution in [0.3, 0.4) is 0 Å². The molecule has 0 fully saturated rings. The molecule has 3 nitrogen and oxygen atoms in total. The Bertz CT molecular complexity index is 100.